The third-order valence-electron chi connectivity index (χ3n) is 3.49. The van der Waals surface area contributed by atoms with Crippen LogP contribution < -0.4 is 5.73 Å². The van der Waals surface area contributed by atoms with Crippen LogP contribution in [0.3, 0.4) is 0 Å². The number of aryl methyl sites for hydroxylation is 1. The molecule has 114 valence electrons. The molecule has 22 heavy (non-hydrogen) atoms. The average molecular weight is 297 g/mol. The summed E-state index contributed by atoms with van der Waals surface area (Å²) < 4.78 is 3.62. The summed E-state index contributed by atoms with van der Waals surface area (Å²) in [7, 11) is 0. The molecule has 3 rings (SSSR count). The van der Waals surface area contributed by atoms with E-state index in [0.29, 0.717) is 11.9 Å². The first kappa shape index (κ1) is 14.2. The molecule has 0 radical (unpaired) electrons. The van der Waals surface area contributed by atoms with Gasteiger partial charge < -0.3 is 10.3 Å². The molecule has 2 N–H and O–H groups in total. The number of nitrogens with two attached hydrogens (primary N) is 1. The fourth-order valence-corrected chi connectivity index (χ4v) is 2.47. The quantitative estimate of drug-likeness (QED) is 0.781. The highest BCUT2D eigenvalue weighted by Gasteiger charge is 2.16. The van der Waals surface area contributed by atoms with Crippen LogP contribution in [-0.4, -0.2) is 29.3 Å². The number of rotatable bonds is 5. The highest BCUT2D eigenvalue weighted by atomic mass is 15.4. The molecular weight excluding hydrogens is 278 g/mol. The molecule has 0 aliphatic rings. The van der Waals surface area contributed by atoms with Crippen molar-refractivity contribution in [3.8, 4) is 5.95 Å². The van der Waals surface area contributed by atoms with Crippen molar-refractivity contribution < 1.29 is 0 Å². The fourth-order valence-electron chi connectivity index (χ4n) is 2.47. The Hall–Kier alpha value is -2.70. The van der Waals surface area contributed by atoms with E-state index in [2.05, 4.69) is 50.6 Å². The second kappa shape index (κ2) is 5.97. The number of allylic oxidation sites excluding steroid dienone is 1. The van der Waals surface area contributed by atoms with Crippen LogP contribution in [0.2, 0.25) is 0 Å². The Bertz CT molecular complexity index is 813. The Morgan fingerprint density at radius 1 is 1.27 bits per heavy atom. The lowest BCUT2D eigenvalue weighted by Crippen LogP contribution is -2.10. The summed E-state index contributed by atoms with van der Waals surface area (Å²) in [4.78, 5) is 12.9. The summed E-state index contributed by atoms with van der Waals surface area (Å²) in [5.41, 5.74) is 8.77. The Kier molecular flexibility index (Phi) is 3.86. The van der Waals surface area contributed by atoms with Gasteiger partial charge in [0.2, 0.25) is 11.9 Å². The molecule has 3 heterocycles. The summed E-state index contributed by atoms with van der Waals surface area (Å²) in [6.45, 7) is 4.98. The number of hydrogen-bond acceptors (Lipinski definition) is 5. The lowest BCUT2D eigenvalue weighted by atomic mass is 10.2. The van der Waals surface area contributed by atoms with E-state index in [1.54, 1.807) is 10.9 Å². The van der Waals surface area contributed by atoms with Crippen molar-refractivity contribution in [1.82, 2.24) is 29.3 Å². The number of hydrogen-bond donors (Lipinski definition) is 1. The normalized spacial score (nSPS) is 11.7. The predicted molar refractivity (Wildman–Crippen MR) is 86.5 cm³/mol. The molecule has 0 spiro atoms. The molecule has 7 heteroatoms. The molecule has 0 aromatic carbocycles. The summed E-state index contributed by atoms with van der Waals surface area (Å²) >= 11 is 0. The summed E-state index contributed by atoms with van der Waals surface area (Å²) in [5, 5.41) is 4.15. The molecule has 0 aliphatic heterocycles. The molecule has 0 atom stereocenters. The van der Waals surface area contributed by atoms with E-state index in [1.807, 2.05) is 6.20 Å². The molecule has 0 amide bonds. The Labute approximate surface area is 128 Å². The minimum absolute atomic E-state index is 0.320. The molecule has 0 unspecified atom stereocenters. The first-order valence-electron chi connectivity index (χ1n) is 7.42. The highest BCUT2D eigenvalue weighted by molar-refractivity contribution is 5.85. The molecule has 0 bridgehead atoms. The van der Waals surface area contributed by atoms with E-state index in [-0.39, 0.29) is 0 Å². The van der Waals surface area contributed by atoms with Gasteiger partial charge in [-0.3, -0.25) is 4.98 Å². The third-order valence-corrected chi connectivity index (χ3v) is 3.49. The van der Waals surface area contributed by atoms with Gasteiger partial charge >= 0.3 is 0 Å². The maximum atomic E-state index is 5.86. The number of fused-ring (bicyclic) bond motifs is 1. The SMILES string of the molecule is CCC/C=C/c1cncc2nc(-n3ncnc3N)n(CC)c12. The average Bonchev–Trinajstić information content (AvgIpc) is 3.10. The third kappa shape index (κ3) is 2.34. The number of nitrogen functional groups attached to an aromatic ring is 1. The molecule has 0 fully saturated rings. The first-order valence-corrected chi connectivity index (χ1v) is 7.42. The Balaban J connectivity index is 2.21. The molecule has 3 aromatic rings. The number of pyridine rings is 1. The summed E-state index contributed by atoms with van der Waals surface area (Å²) in [6, 6.07) is 0. The van der Waals surface area contributed by atoms with Crippen molar-refractivity contribution in [2.45, 2.75) is 33.2 Å². The number of nitrogens with zero attached hydrogens (tertiary/aromatic N) is 6. The first-order chi connectivity index (χ1) is 10.8. The van der Waals surface area contributed by atoms with Crippen LogP contribution in [0.15, 0.2) is 24.8 Å². The molecular formula is C15H19N7. The Morgan fingerprint density at radius 2 is 2.14 bits per heavy atom. The van der Waals surface area contributed by atoms with Crippen LogP contribution in [-0.2, 0) is 6.54 Å². The van der Waals surface area contributed by atoms with Crippen LogP contribution in [0.5, 0.6) is 0 Å². The van der Waals surface area contributed by atoms with Gasteiger partial charge in [-0.15, -0.1) is 0 Å². The number of anilines is 1. The smallest absolute Gasteiger partial charge is 0.235 e. The zero-order valence-corrected chi connectivity index (χ0v) is 12.8. The van der Waals surface area contributed by atoms with Gasteiger partial charge in [0.15, 0.2) is 0 Å². The fraction of sp³-hybridized carbons (Fsp3) is 0.333. The summed E-state index contributed by atoms with van der Waals surface area (Å²) in [6.07, 6.45) is 11.5. The van der Waals surface area contributed by atoms with E-state index in [4.69, 9.17) is 5.73 Å². The predicted octanol–water partition coefficient (Wildman–Crippen LogP) is 2.43. The van der Waals surface area contributed by atoms with Crippen LogP contribution in [0.4, 0.5) is 5.95 Å². The number of unbranched alkanes of at least 4 members (excludes halogenated alkanes) is 1. The van der Waals surface area contributed by atoms with Gasteiger partial charge in [-0.25, -0.2) is 4.98 Å². The lowest BCUT2D eigenvalue weighted by Gasteiger charge is -2.07. The minimum Gasteiger partial charge on any atom is -0.368 e. The van der Waals surface area contributed by atoms with E-state index < -0.39 is 0 Å². The zero-order valence-electron chi connectivity index (χ0n) is 12.8. The van der Waals surface area contributed by atoms with Crippen molar-refractivity contribution in [2.24, 2.45) is 0 Å². The van der Waals surface area contributed by atoms with Gasteiger partial charge in [0.25, 0.3) is 0 Å². The Morgan fingerprint density at radius 3 is 2.82 bits per heavy atom. The van der Waals surface area contributed by atoms with Crippen LogP contribution in [0.1, 0.15) is 32.3 Å². The van der Waals surface area contributed by atoms with E-state index in [9.17, 15) is 0 Å². The van der Waals surface area contributed by atoms with Gasteiger partial charge in [-0.1, -0.05) is 25.5 Å². The molecule has 7 nitrogen and oxygen atoms in total. The number of imidazole rings is 1. The molecule has 0 aliphatic carbocycles. The zero-order chi connectivity index (χ0) is 15.5. The molecule has 3 aromatic heterocycles. The number of aromatic nitrogens is 6. The van der Waals surface area contributed by atoms with Crippen LogP contribution in [0.25, 0.3) is 23.1 Å². The molecule has 0 saturated heterocycles. The van der Waals surface area contributed by atoms with Crippen LogP contribution >= 0.6 is 0 Å². The summed E-state index contributed by atoms with van der Waals surface area (Å²) in [5.74, 6) is 0.978. The highest BCUT2D eigenvalue weighted by Crippen LogP contribution is 2.23. The van der Waals surface area contributed by atoms with Crippen molar-refractivity contribution >= 4 is 23.1 Å². The lowest BCUT2D eigenvalue weighted by molar-refractivity contribution is 0.705. The van der Waals surface area contributed by atoms with Crippen LogP contribution in [0, 0.1) is 0 Å². The second-order valence-electron chi connectivity index (χ2n) is 4.97. The second-order valence-corrected chi connectivity index (χ2v) is 4.97. The van der Waals surface area contributed by atoms with Crippen molar-refractivity contribution in [3.05, 3.63) is 30.4 Å². The maximum Gasteiger partial charge on any atom is 0.235 e. The van der Waals surface area contributed by atoms with Gasteiger partial charge in [0, 0.05) is 18.3 Å². The van der Waals surface area contributed by atoms with Crippen molar-refractivity contribution in [2.75, 3.05) is 5.73 Å². The maximum absolute atomic E-state index is 5.86. The monoisotopic (exact) mass is 297 g/mol. The minimum atomic E-state index is 0.320. The van der Waals surface area contributed by atoms with Crippen molar-refractivity contribution in [3.63, 3.8) is 0 Å². The molecule has 0 saturated carbocycles. The van der Waals surface area contributed by atoms with E-state index in [1.165, 1.54) is 6.33 Å². The van der Waals surface area contributed by atoms with E-state index in [0.717, 1.165) is 36.0 Å². The van der Waals surface area contributed by atoms with Gasteiger partial charge in [-0.2, -0.15) is 14.8 Å². The van der Waals surface area contributed by atoms with E-state index >= 15 is 0 Å². The largest absolute Gasteiger partial charge is 0.368 e. The van der Waals surface area contributed by atoms with Gasteiger partial charge in [0.05, 0.1) is 11.7 Å². The van der Waals surface area contributed by atoms with Gasteiger partial charge in [-0.05, 0) is 13.3 Å². The topological polar surface area (TPSA) is 87.4 Å². The van der Waals surface area contributed by atoms with Gasteiger partial charge in [0.1, 0.15) is 11.8 Å². The standard InChI is InChI=1S/C15H19N7/c1-3-5-6-7-11-8-17-9-12-13(11)21(4-2)15(20-12)22-14(16)18-10-19-22/h6-10H,3-5H2,1-2H3,(H2,16,18,19)/b7-6+. The van der Waals surface area contributed by atoms with Crippen molar-refractivity contribution in [1.29, 1.82) is 0 Å².